The topological polar surface area (TPSA) is 76.3 Å². The molecule has 0 saturated carbocycles. The van der Waals surface area contributed by atoms with E-state index in [4.69, 9.17) is 17.3 Å². The number of hydrogen-bond donors (Lipinski definition) is 1. The highest BCUT2D eigenvalue weighted by molar-refractivity contribution is 7.13. The summed E-state index contributed by atoms with van der Waals surface area (Å²) in [6.07, 6.45) is 1.79. The molecule has 126 valence electrons. The lowest BCUT2D eigenvalue weighted by Crippen LogP contribution is -2.44. The second kappa shape index (κ2) is 7.32. The van der Waals surface area contributed by atoms with E-state index < -0.39 is 0 Å². The lowest BCUT2D eigenvalue weighted by molar-refractivity contribution is -0.134. The minimum Gasteiger partial charge on any atom is -0.369 e. The molecule has 2 amide bonds. The molecule has 7 heteroatoms. The maximum Gasteiger partial charge on any atom is 0.228 e. The van der Waals surface area contributed by atoms with Crippen molar-refractivity contribution < 1.29 is 9.59 Å². The third-order valence-corrected chi connectivity index (χ3v) is 5.42. The van der Waals surface area contributed by atoms with E-state index in [9.17, 15) is 9.59 Å². The summed E-state index contributed by atoms with van der Waals surface area (Å²) in [5.74, 6) is -0.587. The van der Waals surface area contributed by atoms with Crippen LogP contribution in [0.5, 0.6) is 0 Å². The second-order valence-electron chi connectivity index (χ2n) is 5.88. The van der Waals surface area contributed by atoms with Gasteiger partial charge in [0.05, 0.1) is 23.1 Å². The summed E-state index contributed by atoms with van der Waals surface area (Å²) in [7, 11) is 0. The lowest BCUT2D eigenvalue weighted by Gasteiger charge is -2.31. The maximum atomic E-state index is 12.5. The van der Waals surface area contributed by atoms with Gasteiger partial charge < -0.3 is 10.6 Å². The fraction of sp³-hybridized carbons (Fsp3) is 0.353. The van der Waals surface area contributed by atoms with Crippen molar-refractivity contribution >= 4 is 34.8 Å². The minimum atomic E-state index is -0.331. The van der Waals surface area contributed by atoms with Gasteiger partial charge >= 0.3 is 0 Å². The zero-order chi connectivity index (χ0) is 17.1. The van der Waals surface area contributed by atoms with Crippen LogP contribution in [0, 0.1) is 5.92 Å². The van der Waals surface area contributed by atoms with E-state index in [1.807, 2.05) is 29.6 Å². The number of likely N-dealkylation sites (tertiary alicyclic amines) is 1. The number of thiazole rings is 1. The Labute approximate surface area is 149 Å². The highest BCUT2D eigenvalue weighted by atomic mass is 35.5. The van der Waals surface area contributed by atoms with Gasteiger partial charge in [-0.1, -0.05) is 29.8 Å². The van der Waals surface area contributed by atoms with E-state index in [0.717, 1.165) is 29.1 Å². The molecule has 1 unspecified atom stereocenters. The summed E-state index contributed by atoms with van der Waals surface area (Å²) in [5.41, 5.74) is 6.96. The molecule has 1 aliphatic rings. The Bertz CT molecular complexity index is 762. The summed E-state index contributed by atoms with van der Waals surface area (Å²) in [6, 6.07) is 7.51. The van der Waals surface area contributed by atoms with Crippen molar-refractivity contribution in [3.8, 4) is 10.6 Å². The van der Waals surface area contributed by atoms with Crippen molar-refractivity contribution in [2.24, 2.45) is 11.7 Å². The average molecular weight is 364 g/mol. The summed E-state index contributed by atoms with van der Waals surface area (Å²) < 4.78 is 0. The lowest BCUT2D eigenvalue weighted by atomic mass is 9.97. The number of benzene rings is 1. The largest absolute Gasteiger partial charge is 0.369 e. The van der Waals surface area contributed by atoms with Gasteiger partial charge in [-0.2, -0.15) is 0 Å². The highest BCUT2D eigenvalue weighted by Gasteiger charge is 2.27. The Balaban J connectivity index is 1.67. The van der Waals surface area contributed by atoms with Crippen LogP contribution in [-0.2, 0) is 16.0 Å². The second-order valence-corrected chi connectivity index (χ2v) is 7.15. The molecule has 2 heterocycles. The number of nitrogens with zero attached hydrogens (tertiary/aromatic N) is 2. The Morgan fingerprint density at radius 2 is 2.17 bits per heavy atom. The first-order valence-electron chi connectivity index (χ1n) is 7.81. The number of halogens is 1. The molecule has 2 N–H and O–H groups in total. The van der Waals surface area contributed by atoms with Gasteiger partial charge in [-0.05, 0) is 18.9 Å². The number of nitrogens with two attached hydrogens (primary N) is 1. The summed E-state index contributed by atoms with van der Waals surface area (Å²) in [5, 5.41) is 3.33. The zero-order valence-electron chi connectivity index (χ0n) is 13.1. The molecule has 0 aliphatic carbocycles. The first-order chi connectivity index (χ1) is 11.5. The molecule has 2 aromatic rings. The molecular formula is C17H18ClN3O2S. The fourth-order valence-electron chi connectivity index (χ4n) is 2.85. The number of amides is 2. The first kappa shape index (κ1) is 16.9. The fourth-order valence-corrected chi connectivity index (χ4v) is 3.99. The minimum absolute atomic E-state index is 0.0167. The first-order valence-corrected chi connectivity index (χ1v) is 9.06. The number of rotatable bonds is 4. The van der Waals surface area contributed by atoms with Crippen LogP contribution in [0.4, 0.5) is 0 Å². The molecule has 3 rings (SSSR count). The Kier molecular flexibility index (Phi) is 5.16. The van der Waals surface area contributed by atoms with Gasteiger partial charge in [0.15, 0.2) is 0 Å². The van der Waals surface area contributed by atoms with E-state index >= 15 is 0 Å². The van der Waals surface area contributed by atoms with Crippen molar-refractivity contribution in [1.29, 1.82) is 0 Å². The van der Waals surface area contributed by atoms with Crippen molar-refractivity contribution in [2.45, 2.75) is 19.3 Å². The zero-order valence-corrected chi connectivity index (χ0v) is 14.6. The number of aromatic nitrogens is 1. The van der Waals surface area contributed by atoms with E-state index in [1.165, 1.54) is 11.3 Å². The molecule has 5 nitrogen and oxygen atoms in total. The Morgan fingerprint density at radius 1 is 1.38 bits per heavy atom. The number of carbonyl (C=O) groups is 2. The van der Waals surface area contributed by atoms with Crippen LogP contribution in [-0.4, -0.2) is 34.8 Å². The van der Waals surface area contributed by atoms with Gasteiger partial charge in [-0.25, -0.2) is 4.98 Å². The van der Waals surface area contributed by atoms with Gasteiger partial charge in [0.1, 0.15) is 5.01 Å². The van der Waals surface area contributed by atoms with E-state index in [1.54, 1.807) is 4.90 Å². The van der Waals surface area contributed by atoms with Crippen molar-refractivity contribution in [3.63, 3.8) is 0 Å². The highest BCUT2D eigenvalue weighted by Crippen LogP contribution is 2.30. The van der Waals surface area contributed by atoms with Crippen LogP contribution in [0.1, 0.15) is 18.5 Å². The van der Waals surface area contributed by atoms with Crippen LogP contribution in [0.15, 0.2) is 29.6 Å². The summed E-state index contributed by atoms with van der Waals surface area (Å²) >= 11 is 7.66. The van der Waals surface area contributed by atoms with Crippen LogP contribution in [0.25, 0.3) is 10.6 Å². The Hall–Kier alpha value is -1.92. The molecule has 1 aromatic heterocycles. The van der Waals surface area contributed by atoms with Crippen LogP contribution in [0.2, 0.25) is 5.02 Å². The SMILES string of the molecule is NC(=O)C1CCCN(C(=O)Cc2csc(-c3ccccc3Cl)n2)C1. The molecule has 0 radical (unpaired) electrons. The molecule has 1 saturated heterocycles. The molecule has 1 atom stereocenters. The normalized spacial score (nSPS) is 17.7. The van der Waals surface area contributed by atoms with E-state index in [-0.39, 0.29) is 24.2 Å². The maximum absolute atomic E-state index is 12.5. The average Bonchev–Trinajstić information content (AvgIpc) is 3.03. The van der Waals surface area contributed by atoms with Crippen molar-refractivity contribution in [3.05, 3.63) is 40.4 Å². The number of primary amides is 1. The summed E-state index contributed by atoms with van der Waals surface area (Å²) in [6.45, 7) is 1.08. The van der Waals surface area contributed by atoms with Gasteiger partial charge in [0.2, 0.25) is 11.8 Å². The van der Waals surface area contributed by atoms with Crippen LogP contribution in [0.3, 0.4) is 0 Å². The monoisotopic (exact) mass is 363 g/mol. The number of carbonyl (C=O) groups excluding carboxylic acids is 2. The smallest absolute Gasteiger partial charge is 0.228 e. The summed E-state index contributed by atoms with van der Waals surface area (Å²) in [4.78, 5) is 30.0. The predicted molar refractivity (Wildman–Crippen MR) is 94.8 cm³/mol. The predicted octanol–water partition coefficient (Wildman–Crippen LogP) is 2.73. The van der Waals surface area contributed by atoms with Crippen molar-refractivity contribution in [2.75, 3.05) is 13.1 Å². The third kappa shape index (κ3) is 3.76. The van der Waals surface area contributed by atoms with Crippen molar-refractivity contribution in [1.82, 2.24) is 9.88 Å². The number of piperidine rings is 1. The molecule has 24 heavy (non-hydrogen) atoms. The van der Waals surface area contributed by atoms with Gasteiger partial charge in [-0.15, -0.1) is 11.3 Å². The van der Waals surface area contributed by atoms with E-state index in [0.29, 0.717) is 18.1 Å². The molecule has 0 bridgehead atoms. The third-order valence-electron chi connectivity index (χ3n) is 4.16. The van der Waals surface area contributed by atoms with Crippen LogP contribution < -0.4 is 5.73 Å². The Morgan fingerprint density at radius 3 is 2.92 bits per heavy atom. The quantitative estimate of drug-likeness (QED) is 0.907. The van der Waals surface area contributed by atoms with Gasteiger partial charge in [0.25, 0.3) is 0 Å². The van der Waals surface area contributed by atoms with E-state index in [2.05, 4.69) is 4.98 Å². The van der Waals surface area contributed by atoms with Gasteiger partial charge in [0, 0.05) is 24.0 Å². The molecular weight excluding hydrogens is 346 g/mol. The molecule has 1 aliphatic heterocycles. The van der Waals surface area contributed by atoms with Crippen LogP contribution >= 0.6 is 22.9 Å². The molecule has 1 aromatic carbocycles. The van der Waals surface area contributed by atoms with Gasteiger partial charge in [-0.3, -0.25) is 9.59 Å². The number of hydrogen-bond acceptors (Lipinski definition) is 4. The standard InChI is InChI=1S/C17H18ClN3O2S/c18-14-6-2-1-5-13(14)17-20-12(10-24-17)8-15(22)21-7-3-4-11(9-21)16(19)23/h1-2,5-6,10-11H,3-4,7-9H2,(H2,19,23). The molecule has 0 spiro atoms. The molecule has 1 fully saturated rings.